The molecule has 0 saturated heterocycles. The van der Waals surface area contributed by atoms with Crippen LogP contribution in [0.1, 0.15) is 23.6 Å². The minimum atomic E-state index is -0.980. The van der Waals surface area contributed by atoms with E-state index in [1.54, 1.807) is 11.9 Å². The average molecular weight is 302 g/mol. The molecule has 0 saturated carbocycles. The summed E-state index contributed by atoms with van der Waals surface area (Å²) < 4.78 is 26.1. The Kier molecular flexibility index (Phi) is 3.79. The van der Waals surface area contributed by atoms with E-state index in [-0.39, 0.29) is 17.8 Å². The van der Waals surface area contributed by atoms with E-state index in [2.05, 4.69) is 11.4 Å². The summed E-state index contributed by atoms with van der Waals surface area (Å²) in [5.41, 5.74) is 2.63. The molecule has 2 aromatic rings. The number of fused-ring (bicyclic) bond motifs is 1. The summed E-state index contributed by atoms with van der Waals surface area (Å²) in [6.45, 7) is 0. The smallest absolute Gasteiger partial charge is 0.321 e. The molecule has 1 aliphatic carbocycles. The molecule has 1 aliphatic rings. The van der Waals surface area contributed by atoms with Gasteiger partial charge in [-0.25, -0.2) is 13.6 Å². The van der Waals surface area contributed by atoms with Crippen LogP contribution < -0.4 is 5.32 Å². The highest BCUT2D eigenvalue weighted by atomic mass is 19.2. The lowest BCUT2D eigenvalue weighted by atomic mass is 10.1. The molecular weight excluding hydrogens is 286 g/mol. The molecule has 0 heterocycles. The molecule has 1 N–H and O–H groups in total. The molecule has 0 aromatic heterocycles. The summed E-state index contributed by atoms with van der Waals surface area (Å²) in [7, 11) is 1.71. The molecule has 22 heavy (non-hydrogen) atoms. The van der Waals surface area contributed by atoms with Crippen LogP contribution in [0.4, 0.5) is 19.3 Å². The number of carbonyl (C=O) groups is 1. The van der Waals surface area contributed by atoms with E-state index in [0.717, 1.165) is 30.5 Å². The maximum Gasteiger partial charge on any atom is 0.322 e. The second kappa shape index (κ2) is 5.75. The minimum Gasteiger partial charge on any atom is -0.321 e. The highest BCUT2D eigenvalue weighted by Crippen LogP contribution is 2.35. The van der Waals surface area contributed by atoms with Crippen LogP contribution in [0.5, 0.6) is 0 Å². The monoisotopic (exact) mass is 302 g/mol. The predicted octanol–water partition coefficient (Wildman–Crippen LogP) is 4.12. The van der Waals surface area contributed by atoms with E-state index < -0.39 is 11.6 Å². The largest absolute Gasteiger partial charge is 0.322 e. The molecule has 0 fully saturated rings. The van der Waals surface area contributed by atoms with Gasteiger partial charge < -0.3 is 10.2 Å². The highest BCUT2D eigenvalue weighted by Gasteiger charge is 2.28. The molecule has 0 unspecified atom stereocenters. The fourth-order valence-electron chi connectivity index (χ4n) is 2.86. The van der Waals surface area contributed by atoms with E-state index in [1.165, 1.54) is 11.6 Å². The van der Waals surface area contributed by atoms with Gasteiger partial charge in [0.25, 0.3) is 0 Å². The van der Waals surface area contributed by atoms with Gasteiger partial charge >= 0.3 is 6.03 Å². The first kappa shape index (κ1) is 14.5. The number of nitrogens with one attached hydrogen (secondary N) is 1. The number of amides is 2. The van der Waals surface area contributed by atoms with Crippen molar-refractivity contribution in [3.05, 3.63) is 65.2 Å². The van der Waals surface area contributed by atoms with Gasteiger partial charge in [-0.05, 0) is 36.1 Å². The Morgan fingerprint density at radius 3 is 2.73 bits per heavy atom. The van der Waals surface area contributed by atoms with E-state index in [1.807, 2.05) is 18.2 Å². The molecule has 3 rings (SSSR count). The van der Waals surface area contributed by atoms with Crippen LogP contribution in [0.15, 0.2) is 42.5 Å². The average Bonchev–Trinajstić information content (AvgIpc) is 2.94. The van der Waals surface area contributed by atoms with Crippen molar-refractivity contribution in [3.8, 4) is 0 Å². The van der Waals surface area contributed by atoms with Crippen LogP contribution >= 0.6 is 0 Å². The summed E-state index contributed by atoms with van der Waals surface area (Å²) in [5.74, 6) is -1.91. The van der Waals surface area contributed by atoms with E-state index >= 15 is 0 Å². The molecule has 0 radical (unpaired) electrons. The Labute approximate surface area is 127 Å². The maximum absolute atomic E-state index is 13.2. The van der Waals surface area contributed by atoms with Crippen LogP contribution in [-0.4, -0.2) is 18.0 Å². The Morgan fingerprint density at radius 1 is 1.18 bits per heavy atom. The van der Waals surface area contributed by atoms with Crippen LogP contribution in [0.2, 0.25) is 0 Å². The summed E-state index contributed by atoms with van der Waals surface area (Å²) in [6, 6.07) is 11.0. The third kappa shape index (κ3) is 2.66. The number of halogens is 2. The van der Waals surface area contributed by atoms with Crippen LogP contribution in [-0.2, 0) is 6.42 Å². The topological polar surface area (TPSA) is 32.3 Å². The number of urea groups is 1. The lowest BCUT2D eigenvalue weighted by molar-refractivity contribution is 0.204. The van der Waals surface area contributed by atoms with Crippen molar-refractivity contribution in [3.63, 3.8) is 0 Å². The van der Waals surface area contributed by atoms with Crippen LogP contribution in [0, 0.1) is 11.6 Å². The fraction of sp³-hybridized carbons (Fsp3) is 0.235. The minimum absolute atomic E-state index is 0.00138. The zero-order valence-corrected chi connectivity index (χ0v) is 12.1. The zero-order chi connectivity index (χ0) is 15.7. The Morgan fingerprint density at radius 2 is 1.95 bits per heavy atom. The van der Waals surface area contributed by atoms with E-state index in [9.17, 15) is 13.6 Å². The predicted molar refractivity (Wildman–Crippen MR) is 80.6 cm³/mol. The lowest BCUT2D eigenvalue weighted by Crippen LogP contribution is -2.34. The molecule has 114 valence electrons. The van der Waals surface area contributed by atoms with Crippen molar-refractivity contribution in [2.45, 2.75) is 18.9 Å². The first-order valence-electron chi connectivity index (χ1n) is 7.13. The SMILES string of the molecule is CN(C(=O)Nc1ccc(F)c(F)c1)[C@H]1CCc2ccccc21. The molecule has 5 heteroatoms. The normalized spacial score (nSPS) is 16.2. The Hall–Kier alpha value is -2.43. The first-order valence-corrected chi connectivity index (χ1v) is 7.13. The summed E-state index contributed by atoms with van der Waals surface area (Å²) in [4.78, 5) is 13.9. The second-order valence-electron chi connectivity index (χ2n) is 5.42. The Balaban J connectivity index is 1.74. The van der Waals surface area contributed by atoms with Gasteiger partial charge in [-0.3, -0.25) is 0 Å². The molecule has 2 amide bonds. The zero-order valence-electron chi connectivity index (χ0n) is 12.1. The van der Waals surface area contributed by atoms with Gasteiger partial charge in [-0.15, -0.1) is 0 Å². The molecule has 1 atom stereocenters. The molecule has 2 aromatic carbocycles. The van der Waals surface area contributed by atoms with Crippen molar-refractivity contribution < 1.29 is 13.6 Å². The van der Waals surface area contributed by atoms with Gasteiger partial charge in [0, 0.05) is 18.8 Å². The number of nitrogens with zero attached hydrogens (tertiary/aromatic N) is 1. The number of hydrogen-bond acceptors (Lipinski definition) is 1. The lowest BCUT2D eigenvalue weighted by Gasteiger charge is -2.25. The van der Waals surface area contributed by atoms with Gasteiger partial charge in [0.15, 0.2) is 11.6 Å². The second-order valence-corrected chi connectivity index (χ2v) is 5.42. The van der Waals surface area contributed by atoms with Crippen LogP contribution in [0.25, 0.3) is 0 Å². The van der Waals surface area contributed by atoms with Crippen molar-refractivity contribution >= 4 is 11.7 Å². The van der Waals surface area contributed by atoms with Gasteiger partial charge in [0.05, 0.1) is 6.04 Å². The summed E-state index contributed by atoms with van der Waals surface area (Å²) in [5, 5.41) is 2.60. The van der Waals surface area contributed by atoms with E-state index in [4.69, 9.17) is 0 Å². The third-order valence-electron chi connectivity index (χ3n) is 4.06. The van der Waals surface area contributed by atoms with Gasteiger partial charge in [-0.1, -0.05) is 24.3 Å². The van der Waals surface area contributed by atoms with Gasteiger partial charge in [-0.2, -0.15) is 0 Å². The van der Waals surface area contributed by atoms with Crippen LogP contribution in [0.3, 0.4) is 0 Å². The molecule has 3 nitrogen and oxygen atoms in total. The fourth-order valence-corrected chi connectivity index (χ4v) is 2.86. The quantitative estimate of drug-likeness (QED) is 0.889. The van der Waals surface area contributed by atoms with Crippen molar-refractivity contribution in [1.29, 1.82) is 0 Å². The summed E-state index contributed by atoms with van der Waals surface area (Å²) in [6.07, 6.45) is 1.80. The number of benzene rings is 2. The molecule has 0 spiro atoms. The van der Waals surface area contributed by atoms with Crippen molar-refractivity contribution in [1.82, 2.24) is 4.90 Å². The number of aryl methyl sites for hydroxylation is 1. The molecule has 0 aliphatic heterocycles. The van der Waals surface area contributed by atoms with Crippen molar-refractivity contribution in [2.24, 2.45) is 0 Å². The van der Waals surface area contributed by atoms with Gasteiger partial charge in [0.2, 0.25) is 0 Å². The molecule has 0 bridgehead atoms. The maximum atomic E-state index is 13.2. The molecular formula is C17H16F2N2O. The first-order chi connectivity index (χ1) is 10.6. The third-order valence-corrected chi connectivity index (χ3v) is 4.06. The number of hydrogen-bond donors (Lipinski definition) is 1. The number of carbonyl (C=O) groups excluding carboxylic acids is 1. The van der Waals surface area contributed by atoms with Gasteiger partial charge in [0.1, 0.15) is 0 Å². The summed E-state index contributed by atoms with van der Waals surface area (Å²) >= 11 is 0. The van der Waals surface area contributed by atoms with Crippen molar-refractivity contribution in [2.75, 3.05) is 12.4 Å². The standard InChI is InChI=1S/C17H16F2N2O/c1-21(16-9-6-11-4-2-3-5-13(11)16)17(22)20-12-7-8-14(18)15(19)10-12/h2-5,7-8,10,16H,6,9H2,1H3,(H,20,22)/t16-/m0/s1. The highest BCUT2D eigenvalue weighted by molar-refractivity contribution is 5.89. The van der Waals surface area contributed by atoms with E-state index in [0.29, 0.717) is 0 Å². The number of rotatable bonds is 2. The Bertz CT molecular complexity index is 718. The number of anilines is 1.